The zero-order valence-electron chi connectivity index (χ0n) is 10.8. The van der Waals surface area contributed by atoms with Gasteiger partial charge in [0.2, 0.25) is 5.91 Å². The van der Waals surface area contributed by atoms with Gasteiger partial charge in [0.15, 0.2) is 0 Å². The molecule has 0 aromatic rings. The maximum atomic E-state index is 12.3. The van der Waals surface area contributed by atoms with Crippen molar-refractivity contribution in [3.05, 3.63) is 0 Å². The maximum Gasteiger partial charge on any atom is 0.228 e. The van der Waals surface area contributed by atoms with Crippen molar-refractivity contribution in [2.45, 2.75) is 72.4 Å². The summed E-state index contributed by atoms with van der Waals surface area (Å²) in [5.41, 5.74) is -0.232. The lowest BCUT2D eigenvalue weighted by atomic mass is 9.93. The van der Waals surface area contributed by atoms with Crippen LogP contribution in [0.1, 0.15) is 60.3 Å². The lowest BCUT2D eigenvalue weighted by Gasteiger charge is -2.34. The van der Waals surface area contributed by atoms with Crippen molar-refractivity contribution >= 4 is 5.91 Å². The Morgan fingerprint density at radius 3 is 2.27 bits per heavy atom. The summed E-state index contributed by atoms with van der Waals surface area (Å²) < 4.78 is 0. The summed E-state index contributed by atoms with van der Waals surface area (Å²) in [5, 5.41) is 0. The molecule has 0 radical (unpaired) electrons. The topological polar surface area (TPSA) is 20.3 Å². The van der Waals surface area contributed by atoms with Gasteiger partial charge in [-0.05, 0) is 26.2 Å². The molecule has 88 valence electrons. The minimum atomic E-state index is -0.232. The smallest absolute Gasteiger partial charge is 0.228 e. The van der Waals surface area contributed by atoms with E-state index in [9.17, 15) is 4.79 Å². The lowest BCUT2D eigenvalue weighted by Crippen LogP contribution is -2.46. The summed E-state index contributed by atoms with van der Waals surface area (Å²) in [4.78, 5) is 14.4. The molecule has 1 aliphatic carbocycles. The average molecular weight is 211 g/mol. The van der Waals surface area contributed by atoms with Crippen molar-refractivity contribution in [2.75, 3.05) is 0 Å². The Morgan fingerprint density at radius 1 is 1.40 bits per heavy atom. The van der Waals surface area contributed by atoms with Gasteiger partial charge in [-0.25, -0.2) is 0 Å². The second kappa shape index (κ2) is 4.54. The fraction of sp³-hybridized carbons (Fsp3) is 0.923. The largest absolute Gasteiger partial charge is 0.337 e. The molecule has 1 fully saturated rings. The van der Waals surface area contributed by atoms with Gasteiger partial charge in [0.25, 0.3) is 0 Å². The van der Waals surface area contributed by atoms with Gasteiger partial charge in [-0.1, -0.05) is 34.1 Å². The molecule has 0 N–H and O–H groups in total. The van der Waals surface area contributed by atoms with Crippen LogP contribution >= 0.6 is 0 Å². The van der Waals surface area contributed by atoms with E-state index >= 15 is 0 Å². The van der Waals surface area contributed by atoms with E-state index < -0.39 is 0 Å². The molecule has 0 spiro atoms. The monoisotopic (exact) mass is 211 g/mol. The summed E-state index contributed by atoms with van der Waals surface area (Å²) in [6.45, 7) is 10.4. The standard InChI is InChI=1S/C13H25NO/c1-6-7-10(2)14(11-8-9-11)12(15)13(3,4)5/h10-11H,6-9H2,1-5H3/t10-/m1/s1. The Hall–Kier alpha value is -0.530. The Labute approximate surface area is 94.0 Å². The van der Waals surface area contributed by atoms with E-state index in [4.69, 9.17) is 0 Å². The first-order valence-electron chi connectivity index (χ1n) is 6.20. The van der Waals surface area contributed by atoms with Crippen molar-refractivity contribution in [3.63, 3.8) is 0 Å². The molecule has 2 nitrogen and oxygen atoms in total. The predicted octanol–water partition coefficient (Wildman–Crippen LogP) is 3.21. The Morgan fingerprint density at radius 2 is 1.93 bits per heavy atom. The van der Waals surface area contributed by atoms with Gasteiger partial charge in [-0.3, -0.25) is 4.79 Å². The molecule has 1 atom stereocenters. The summed E-state index contributed by atoms with van der Waals surface area (Å²) >= 11 is 0. The summed E-state index contributed by atoms with van der Waals surface area (Å²) in [7, 11) is 0. The molecule has 1 aliphatic rings. The van der Waals surface area contributed by atoms with E-state index in [2.05, 4.69) is 18.7 Å². The van der Waals surface area contributed by atoms with Crippen molar-refractivity contribution in [3.8, 4) is 0 Å². The molecule has 0 bridgehead atoms. The summed E-state index contributed by atoms with van der Waals surface area (Å²) in [6, 6.07) is 0.951. The Bertz CT molecular complexity index is 225. The number of hydrogen-bond acceptors (Lipinski definition) is 1. The summed E-state index contributed by atoms with van der Waals surface area (Å²) in [5.74, 6) is 0.325. The fourth-order valence-electron chi connectivity index (χ4n) is 2.02. The molecular formula is C13H25NO. The molecule has 0 saturated heterocycles. The minimum absolute atomic E-state index is 0.232. The number of rotatable bonds is 4. The van der Waals surface area contributed by atoms with Crippen LogP contribution < -0.4 is 0 Å². The Balaban J connectivity index is 2.69. The highest BCUT2D eigenvalue weighted by Gasteiger charge is 2.39. The molecule has 0 unspecified atom stereocenters. The minimum Gasteiger partial charge on any atom is -0.337 e. The van der Waals surface area contributed by atoms with Crippen LogP contribution in [0.3, 0.4) is 0 Å². The molecule has 0 aliphatic heterocycles. The quantitative estimate of drug-likeness (QED) is 0.699. The van der Waals surface area contributed by atoms with Gasteiger partial charge in [0.1, 0.15) is 0 Å². The highest BCUT2D eigenvalue weighted by Crippen LogP contribution is 2.33. The van der Waals surface area contributed by atoms with E-state index in [0.29, 0.717) is 18.0 Å². The SMILES string of the molecule is CCC[C@@H](C)N(C(=O)C(C)(C)C)C1CC1. The highest BCUT2D eigenvalue weighted by atomic mass is 16.2. The van der Waals surface area contributed by atoms with Gasteiger partial charge in [0.05, 0.1) is 0 Å². The van der Waals surface area contributed by atoms with Crippen LogP contribution in [0, 0.1) is 5.41 Å². The van der Waals surface area contributed by atoms with Crippen LogP contribution in [0.15, 0.2) is 0 Å². The van der Waals surface area contributed by atoms with E-state index in [-0.39, 0.29) is 5.41 Å². The first-order valence-corrected chi connectivity index (χ1v) is 6.20. The van der Waals surface area contributed by atoms with E-state index in [0.717, 1.165) is 12.8 Å². The third-order valence-corrected chi connectivity index (χ3v) is 3.00. The van der Waals surface area contributed by atoms with Crippen LogP contribution in [0.25, 0.3) is 0 Å². The van der Waals surface area contributed by atoms with E-state index in [1.165, 1.54) is 12.8 Å². The lowest BCUT2D eigenvalue weighted by molar-refractivity contribution is -0.142. The van der Waals surface area contributed by atoms with Crippen molar-refractivity contribution in [1.29, 1.82) is 0 Å². The number of nitrogens with zero attached hydrogens (tertiary/aromatic N) is 1. The van der Waals surface area contributed by atoms with Gasteiger partial charge < -0.3 is 4.90 Å². The molecule has 1 amide bonds. The average Bonchev–Trinajstić information content (AvgIpc) is 2.87. The first kappa shape index (κ1) is 12.5. The molecule has 1 rings (SSSR count). The third-order valence-electron chi connectivity index (χ3n) is 3.00. The second-order valence-electron chi connectivity index (χ2n) is 5.83. The molecule has 2 heteroatoms. The normalized spacial score (nSPS) is 18.7. The zero-order chi connectivity index (χ0) is 11.6. The first-order chi connectivity index (χ1) is 6.88. The Kier molecular flexibility index (Phi) is 3.80. The third kappa shape index (κ3) is 3.22. The van der Waals surface area contributed by atoms with Crippen molar-refractivity contribution in [1.82, 2.24) is 4.90 Å². The van der Waals surface area contributed by atoms with E-state index in [1.54, 1.807) is 0 Å². The number of hydrogen-bond donors (Lipinski definition) is 0. The fourth-order valence-corrected chi connectivity index (χ4v) is 2.02. The molecular weight excluding hydrogens is 186 g/mol. The highest BCUT2D eigenvalue weighted by molar-refractivity contribution is 5.82. The second-order valence-corrected chi connectivity index (χ2v) is 5.83. The van der Waals surface area contributed by atoms with Crippen molar-refractivity contribution < 1.29 is 4.79 Å². The van der Waals surface area contributed by atoms with Gasteiger partial charge in [0, 0.05) is 17.5 Å². The maximum absolute atomic E-state index is 12.3. The van der Waals surface area contributed by atoms with Gasteiger partial charge in [-0.15, -0.1) is 0 Å². The zero-order valence-corrected chi connectivity index (χ0v) is 10.8. The number of amides is 1. The molecule has 1 saturated carbocycles. The summed E-state index contributed by atoms with van der Waals surface area (Å²) in [6.07, 6.45) is 4.69. The number of carbonyl (C=O) groups is 1. The predicted molar refractivity (Wildman–Crippen MR) is 63.7 cm³/mol. The molecule has 0 aromatic heterocycles. The molecule has 15 heavy (non-hydrogen) atoms. The van der Waals surface area contributed by atoms with Crippen LogP contribution in [0.2, 0.25) is 0 Å². The van der Waals surface area contributed by atoms with Crippen LogP contribution in [-0.2, 0) is 4.79 Å². The molecule has 0 heterocycles. The molecule has 0 aromatic carbocycles. The van der Waals surface area contributed by atoms with E-state index in [1.807, 2.05) is 20.8 Å². The number of carbonyl (C=O) groups excluding carboxylic acids is 1. The van der Waals surface area contributed by atoms with Crippen LogP contribution in [0.5, 0.6) is 0 Å². The van der Waals surface area contributed by atoms with Crippen LogP contribution in [-0.4, -0.2) is 22.9 Å². The van der Waals surface area contributed by atoms with Gasteiger partial charge in [-0.2, -0.15) is 0 Å². The van der Waals surface area contributed by atoms with Gasteiger partial charge >= 0.3 is 0 Å². The van der Waals surface area contributed by atoms with Crippen LogP contribution in [0.4, 0.5) is 0 Å². The van der Waals surface area contributed by atoms with Crippen molar-refractivity contribution in [2.24, 2.45) is 5.41 Å².